The van der Waals surface area contributed by atoms with Crippen LogP contribution in [0.3, 0.4) is 0 Å². The lowest BCUT2D eigenvalue weighted by Gasteiger charge is -2.32. The summed E-state index contributed by atoms with van der Waals surface area (Å²) in [5, 5.41) is 14.8. The number of nitrogens with two attached hydrogens (primary N) is 1. The molecule has 0 atom stereocenters. The first-order valence-electron chi connectivity index (χ1n) is 10.3. The topological polar surface area (TPSA) is 108 Å². The number of aromatic nitrogens is 2. The second-order valence-electron chi connectivity index (χ2n) is 7.74. The largest absolute Gasteiger partial charge is 0.465 e. The summed E-state index contributed by atoms with van der Waals surface area (Å²) in [6.45, 7) is 3.82. The normalized spacial score (nSPS) is 15.3. The van der Waals surface area contributed by atoms with E-state index in [1.807, 2.05) is 30.3 Å². The van der Waals surface area contributed by atoms with Crippen LogP contribution in [-0.2, 0) is 6.54 Å². The number of nitrogen functional groups attached to an aromatic ring is 1. The van der Waals surface area contributed by atoms with Crippen LogP contribution in [0, 0.1) is 0 Å². The van der Waals surface area contributed by atoms with Crippen LogP contribution in [0.5, 0.6) is 0 Å². The number of carbonyl (C=O) groups is 1. The maximum atomic E-state index is 10.6. The number of rotatable bonds is 7. The summed E-state index contributed by atoms with van der Waals surface area (Å²) in [7, 11) is 0. The van der Waals surface area contributed by atoms with Crippen LogP contribution in [0.25, 0.3) is 11.0 Å². The molecule has 1 fully saturated rings. The SMILES string of the molecule is Nc1ccc(Cn2c(NC3CCN(CCNC(=O)O)CC3)nc3ccccc32)cc1. The van der Waals surface area contributed by atoms with E-state index in [4.69, 9.17) is 15.8 Å². The smallest absolute Gasteiger partial charge is 0.404 e. The summed E-state index contributed by atoms with van der Waals surface area (Å²) in [6, 6.07) is 16.5. The lowest BCUT2D eigenvalue weighted by Crippen LogP contribution is -2.42. The monoisotopic (exact) mass is 408 g/mol. The summed E-state index contributed by atoms with van der Waals surface area (Å²) in [5.74, 6) is 0.888. The quantitative estimate of drug-likeness (QED) is 0.448. The van der Waals surface area contributed by atoms with Crippen molar-refractivity contribution in [1.29, 1.82) is 0 Å². The minimum atomic E-state index is -0.966. The maximum absolute atomic E-state index is 10.6. The number of nitrogens with one attached hydrogen (secondary N) is 2. The minimum Gasteiger partial charge on any atom is -0.465 e. The first-order chi connectivity index (χ1) is 14.6. The summed E-state index contributed by atoms with van der Waals surface area (Å²) in [6.07, 6.45) is 1.03. The molecule has 0 spiro atoms. The number of para-hydroxylation sites is 2. The van der Waals surface area contributed by atoms with Gasteiger partial charge in [0, 0.05) is 37.9 Å². The van der Waals surface area contributed by atoms with Gasteiger partial charge in [-0.2, -0.15) is 0 Å². The predicted molar refractivity (Wildman–Crippen MR) is 119 cm³/mol. The fraction of sp³-hybridized carbons (Fsp3) is 0.364. The number of likely N-dealkylation sites (tertiary alicyclic amines) is 1. The fourth-order valence-corrected chi connectivity index (χ4v) is 3.96. The van der Waals surface area contributed by atoms with E-state index in [9.17, 15) is 4.79 Å². The van der Waals surface area contributed by atoms with E-state index < -0.39 is 6.09 Å². The number of piperidine rings is 1. The van der Waals surface area contributed by atoms with Gasteiger partial charge in [-0.15, -0.1) is 0 Å². The molecule has 158 valence electrons. The van der Waals surface area contributed by atoms with Crippen molar-refractivity contribution in [3.63, 3.8) is 0 Å². The van der Waals surface area contributed by atoms with Crippen LogP contribution in [0.15, 0.2) is 48.5 Å². The van der Waals surface area contributed by atoms with Crippen LogP contribution >= 0.6 is 0 Å². The van der Waals surface area contributed by atoms with Gasteiger partial charge in [0.25, 0.3) is 0 Å². The van der Waals surface area contributed by atoms with Crippen LogP contribution < -0.4 is 16.4 Å². The van der Waals surface area contributed by atoms with E-state index in [0.717, 1.165) is 61.7 Å². The third-order valence-corrected chi connectivity index (χ3v) is 5.60. The van der Waals surface area contributed by atoms with Crippen LogP contribution in [-0.4, -0.2) is 57.9 Å². The average Bonchev–Trinajstić information content (AvgIpc) is 3.08. The van der Waals surface area contributed by atoms with Crippen molar-refractivity contribution in [1.82, 2.24) is 19.8 Å². The molecule has 2 aromatic carbocycles. The molecule has 3 aromatic rings. The van der Waals surface area contributed by atoms with Crippen molar-refractivity contribution in [2.45, 2.75) is 25.4 Å². The van der Waals surface area contributed by atoms with E-state index >= 15 is 0 Å². The number of amides is 1. The summed E-state index contributed by atoms with van der Waals surface area (Å²) < 4.78 is 2.23. The number of benzene rings is 2. The molecular weight excluding hydrogens is 380 g/mol. The highest BCUT2D eigenvalue weighted by Crippen LogP contribution is 2.24. The molecule has 8 nitrogen and oxygen atoms in total. The van der Waals surface area contributed by atoms with Crippen LogP contribution in [0.1, 0.15) is 18.4 Å². The van der Waals surface area contributed by atoms with Gasteiger partial charge in [0.1, 0.15) is 0 Å². The summed E-state index contributed by atoms with van der Waals surface area (Å²) in [5.41, 5.74) is 9.86. The Labute approximate surface area is 175 Å². The van der Waals surface area contributed by atoms with E-state index in [2.05, 4.69) is 38.3 Å². The van der Waals surface area contributed by atoms with Crippen molar-refractivity contribution in [3.05, 3.63) is 54.1 Å². The Kier molecular flexibility index (Phi) is 6.04. The number of hydrogen-bond acceptors (Lipinski definition) is 5. The van der Waals surface area contributed by atoms with Crippen LogP contribution in [0.2, 0.25) is 0 Å². The van der Waals surface area contributed by atoms with E-state index in [0.29, 0.717) is 12.6 Å². The number of nitrogens with zero attached hydrogens (tertiary/aromatic N) is 3. The van der Waals surface area contributed by atoms with Gasteiger partial charge < -0.3 is 30.9 Å². The molecule has 0 unspecified atom stereocenters. The van der Waals surface area contributed by atoms with Crippen molar-refractivity contribution < 1.29 is 9.90 Å². The zero-order valence-corrected chi connectivity index (χ0v) is 16.9. The predicted octanol–water partition coefficient (Wildman–Crippen LogP) is 2.81. The average molecular weight is 409 g/mol. The molecule has 1 saturated heterocycles. The molecule has 8 heteroatoms. The van der Waals surface area contributed by atoms with Gasteiger partial charge in [-0.1, -0.05) is 24.3 Å². The third kappa shape index (κ3) is 4.83. The Morgan fingerprint density at radius 1 is 1.13 bits per heavy atom. The Morgan fingerprint density at radius 2 is 1.87 bits per heavy atom. The Bertz CT molecular complexity index is 993. The van der Waals surface area contributed by atoms with Gasteiger partial charge in [-0.25, -0.2) is 9.78 Å². The fourth-order valence-electron chi connectivity index (χ4n) is 3.96. The van der Waals surface area contributed by atoms with Crippen molar-refractivity contribution in [3.8, 4) is 0 Å². The van der Waals surface area contributed by atoms with E-state index in [1.165, 1.54) is 5.56 Å². The standard InChI is InChI=1S/C22H28N6O2/c23-17-7-5-16(6-8-17)15-28-20-4-2-1-3-19(20)26-21(28)25-18-9-12-27(13-10-18)14-11-24-22(29)30/h1-8,18,24H,9-15,23H2,(H,25,26)(H,29,30). The molecule has 0 radical (unpaired) electrons. The molecule has 30 heavy (non-hydrogen) atoms. The second-order valence-corrected chi connectivity index (χ2v) is 7.74. The highest BCUT2D eigenvalue weighted by atomic mass is 16.4. The molecule has 1 aliphatic heterocycles. The van der Waals surface area contributed by atoms with Crippen molar-refractivity contribution in [2.75, 3.05) is 37.2 Å². The lowest BCUT2D eigenvalue weighted by molar-refractivity contribution is 0.186. The minimum absolute atomic E-state index is 0.343. The molecular formula is C22H28N6O2. The lowest BCUT2D eigenvalue weighted by atomic mass is 10.1. The number of carboxylic acid groups (broad SMARTS) is 1. The number of anilines is 2. The molecule has 5 N–H and O–H groups in total. The Morgan fingerprint density at radius 3 is 2.60 bits per heavy atom. The van der Waals surface area contributed by atoms with Gasteiger partial charge >= 0.3 is 6.09 Å². The van der Waals surface area contributed by atoms with Crippen molar-refractivity contribution >= 4 is 28.8 Å². The Balaban J connectivity index is 1.44. The first-order valence-corrected chi connectivity index (χ1v) is 10.3. The van der Waals surface area contributed by atoms with Crippen molar-refractivity contribution in [2.24, 2.45) is 0 Å². The highest BCUT2D eigenvalue weighted by molar-refractivity contribution is 5.78. The zero-order valence-electron chi connectivity index (χ0n) is 16.9. The number of hydrogen-bond donors (Lipinski definition) is 4. The zero-order chi connectivity index (χ0) is 20.9. The summed E-state index contributed by atoms with van der Waals surface area (Å²) in [4.78, 5) is 17.7. The second kappa shape index (κ2) is 9.04. The number of imidazole rings is 1. The maximum Gasteiger partial charge on any atom is 0.404 e. The molecule has 0 saturated carbocycles. The third-order valence-electron chi connectivity index (χ3n) is 5.60. The van der Waals surface area contributed by atoms with Gasteiger partial charge in [-0.3, -0.25) is 0 Å². The molecule has 2 heterocycles. The first kappa shape index (κ1) is 20.0. The molecule has 0 bridgehead atoms. The molecule has 1 amide bonds. The summed E-state index contributed by atoms with van der Waals surface area (Å²) >= 11 is 0. The molecule has 1 aliphatic rings. The number of fused-ring (bicyclic) bond motifs is 1. The molecule has 0 aliphatic carbocycles. The van der Waals surface area contributed by atoms with Crippen LogP contribution in [0.4, 0.5) is 16.4 Å². The van der Waals surface area contributed by atoms with Gasteiger partial charge in [0.2, 0.25) is 5.95 Å². The van der Waals surface area contributed by atoms with E-state index in [1.54, 1.807) is 0 Å². The Hall–Kier alpha value is -3.26. The molecule has 4 rings (SSSR count). The highest BCUT2D eigenvalue weighted by Gasteiger charge is 2.21. The van der Waals surface area contributed by atoms with E-state index in [-0.39, 0.29) is 0 Å². The van der Waals surface area contributed by atoms with Gasteiger partial charge in [0.05, 0.1) is 17.6 Å². The van der Waals surface area contributed by atoms with Gasteiger partial charge in [-0.05, 0) is 42.7 Å². The molecule has 1 aromatic heterocycles. The van der Waals surface area contributed by atoms with Gasteiger partial charge in [0.15, 0.2) is 0 Å².